The minimum Gasteiger partial charge on any atom is -0.382 e. The fourth-order valence-corrected chi connectivity index (χ4v) is 0.391. The number of hydrogen-bond donors (Lipinski definition) is 0. The van der Waals surface area contributed by atoms with Crippen molar-refractivity contribution >= 4 is 0 Å². The standard InChI is InChI=1S/C6H14O.FH/c1-3-5-6-7-4-2;/h3-6H2,1-2H3;1H. The lowest BCUT2D eigenvalue weighted by atomic mass is 10.4. The van der Waals surface area contributed by atoms with Crippen molar-refractivity contribution in [3.63, 3.8) is 0 Å². The van der Waals surface area contributed by atoms with Crippen LogP contribution in [0.4, 0.5) is 4.70 Å². The summed E-state index contributed by atoms with van der Waals surface area (Å²) in [5, 5.41) is 0. The van der Waals surface area contributed by atoms with E-state index in [-0.39, 0.29) is 4.70 Å². The molecule has 0 spiro atoms. The Morgan fingerprint density at radius 1 is 1.25 bits per heavy atom. The largest absolute Gasteiger partial charge is 0.382 e. The maximum Gasteiger partial charge on any atom is 0.0465 e. The van der Waals surface area contributed by atoms with Crippen LogP contribution in [0.15, 0.2) is 0 Å². The molecule has 8 heavy (non-hydrogen) atoms. The number of unbranched alkanes of at least 4 members (excludes halogenated alkanes) is 1. The maximum atomic E-state index is 5.07. The van der Waals surface area contributed by atoms with Crippen LogP contribution < -0.4 is 0 Å². The Hall–Kier alpha value is -0.110. The molecule has 0 N–H and O–H groups in total. The van der Waals surface area contributed by atoms with Crippen LogP contribution in [-0.2, 0) is 4.74 Å². The van der Waals surface area contributed by atoms with Crippen LogP contribution >= 0.6 is 0 Å². The number of hydrogen-bond acceptors (Lipinski definition) is 1. The summed E-state index contributed by atoms with van der Waals surface area (Å²) in [6.45, 7) is 5.99. The Bertz CT molecular complexity index is 27.7. The van der Waals surface area contributed by atoms with E-state index >= 15 is 0 Å². The second kappa shape index (κ2) is 10.00. The molecule has 0 fully saturated rings. The molecule has 1 nitrogen and oxygen atoms in total. The predicted octanol–water partition coefficient (Wildman–Crippen LogP) is 1.98. The molecule has 0 aliphatic heterocycles. The van der Waals surface area contributed by atoms with Crippen molar-refractivity contribution in [2.45, 2.75) is 26.7 Å². The number of rotatable bonds is 4. The fourth-order valence-electron chi connectivity index (χ4n) is 0.391. The van der Waals surface area contributed by atoms with Crippen molar-refractivity contribution in [2.75, 3.05) is 13.2 Å². The van der Waals surface area contributed by atoms with E-state index in [1.165, 1.54) is 12.8 Å². The molecule has 2 heteroatoms. The first-order valence-corrected chi connectivity index (χ1v) is 2.99. The lowest BCUT2D eigenvalue weighted by Crippen LogP contribution is -1.90. The van der Waals surface area contributed by atoms with Crippen molar-refractivity contribution in [2.24, 2.45) is 0 Å². The highest BCUT2D eigenvalue weighted by Crippen LogP contribution is 1.85. The molecule has 0 amide bonds. The van der Waals surface area contributed by atoms with E-state index in [0.717, 1.165) is 13.2 Å². The van der Waals surface area contributed by atoms with E-state index in [2.05, 4.69) is 6.92 Å². The highest BCUT2D eigenvalue weighted by Gasteiger charge is 1.78. The van der Waals surface area contributed by atoms with E-state index in [1.807, 2.05) is 6.92 Å². The third-order valence-electron chi connectivity index (χ3n) is 0.846. The van der Waals surface area contributed by atoms with Gasteiger partial charge in [-0.3, -0.25) is 4.70 Å². The summed E-state index contributed by atoms with van der Waals surface area (Å²) in [6, 6.07) is 0. The first-order chi connectivity index (χ1) is 3.41. The van der Waals surface area contributed by atoms with Gasteiger partial charge in [0.05, 0.1) is 0 Å². The third kappa shape index (κ3) is 9.31. The smallest absolute Gasteiger partial charge is 0.0465 e. The zero-order valence-electron chi connectivity index (χ0n) is 5.64. The van der Waals surface area contributed by atoms with E-state index in [0.29, 0.717) is 0 Å². The Labute approximate surface area is 50.4 Å². The van der Waals surface area contributed by atoms with Gasteiger partial charge in [0.15, 0.2) is 0 Å². The molecule has 0 saturated heterocycles. The van der Waals surface area contributed by atoms with Crippen molar-refractivity contribution in [1.82, 2.24) is 0 Å². The summed E-state index contributed by atoms with van der Waals surface area (Å²) in [5.41, 5.74) is 0. The average molecular weight is 122 g/mol. The molecule has 52 valence electrons. The second-order valence-corrected chi connectivity index (χ2v) is 1.55. The zero-order valence-corrected chi connectivity index (χ0v) is 5.64. The SMILES string of the molecule is CCCCOCC.F. The fraction of sp³-hybridized carbons (Fsp3) is 1.00. The molecular weight excluding hydrogens is 107 g/mol. The van der Waals surface area contributed by atoms with Crippen LogP contribution in [0.5, 0.6) is 0 Å². The summed E-state index contributed by atoms with van der Waals surface area (Å²) in [4.78, 5) is 0. The molecule has 0 aromatic rings. The summed E-state index contributed by atoms with van der Waals surface area (Å²) in [5.74, 6) is 0. The lowest BCUT2D eigenvalue weighted by Gasteiger charge is -1.94. The van der Waals surface area contributed by atoms with Crippen LogP contribution in [0.25, 0.3) is 0 Å². The van der Waals surface area contributed by atoms with Gasteiger partial charge in [0, 0.05) is 13.2 Å². The van der Waals surface area contributed by atoms with Crippen molar-refractivity contribution in [1.29, 1.82) is 0 Å². The van der Waals surface area contributed by atoms with E-state index in [1.54, 1.807) is 0 Å². The average Bonchev–Trinajstić information content (AvgIpc) is 1.69. The van der Waals surface area contributed by atoms with Crippen LogP contribution in [-0.4, -0.2) is 13.2 Å². The Morgan fingerprint density at radius 2 is 1.88 bits per heavy atom. The molecule has 0 bridgehead atoms. The highest BCUT2D eigenvalue weighted by molar-refractivity contribution is 4.28. The van der Waals surface area contributed by atoms with E-state index in [9.17, 15) is 0 Å². The Kier molecular flexibility index (Phi) is 13.5. The molecule has 0 rings (SSSR count). The van der Waals surface area contributed by atoms with E-state index in [4.69, 9.17) is 4.74 Å². The second-order valence-electron chi connectivity index (χ2n) is 1.55. The van der Waals surface area contributed by atoms with Gasteiger partial charge in [-0.25, -0.2) is 0 Å². The summed E-state index contributed by atoms with van der Waals surface area (Å²) >= 11 is 0. The van der Waals surface area contributed by atoms with Gasteiger partial charge in [-0.05, 0) is 13.3 Å². The monoisotopic (exact) mass is 122 g/mol. The maximum absolute atomic E-state index is 5.07. The number of ether oxygens (including phenoxy) is 1. The van der Waals surface area contributed by atoms with Gasteiger partial charge in [0.1, 0.15) is 0 Å². The summed E-state index contributed by atoms with van der Waals surface area (Å²) in [6.07, 6.45) is 2.44. The van der Waals surface area contributed by atoms with Crippen LogP contribution in [0.1, 0.15) is 26.7 Å². The Morgan fingerprint density at radius 3 is 2.25 bits per heavy atom. The first-order valence-electron chi connectivity index (χ1n) is 2.99. The van der Waals surface area contributed by atoms with Crippen molar-refractivity contribution in [3.8, 4) is 0 Å². The predicted molar refractivity (Wildman–Crippen MR) is 33.9 cm³/mol. The van der Waals surface area contributed by atoms with Gasteiger partial charge in [-0.15, -0.1) is 0 Å². The summed E-state index contributed by atoms with van der Waals surface area (Å²) < 4.78 is 5.07. The van der Waals surface area contributed by atoms with Gasteiger partial charge in [-0.2, -0.15) is 0 Å². The van der Waals surface area contributed by atoms with Gasteiger partial charge in [0.25, 0.3) is 0 Å². The quantitative estimate of drug-likeness (QED) is 0.518. The van der Waals surface area contributed by atoms with Gasteiger partial charge in [-0.1, -0.05) is 13.3 Å². The van der Waals surface area contributed by atoms with Gasteiger partial charge >= 0.3 is 0 Å². The first kappa shape index (κ1) is 10.8. The van der Waals surface area contributed by atoms with Gasteiger partial charge in [0.2, 0.25) is 0 Å². The van der Waals surface area contributed by atoms with Crippen molar-refractivity contribution < 1.29 is 9.44 Å². The normalized spacial score (nSPS) is 8.25. The molecule has 0 saturated carbocycles. The minimum atomic E-state index is 0. The third-order valence-corrected chi connectivity index (χ3v) is 0.846. The molecule has 0 aliphatic rings. The molecule has 0 unspecified atom stereocenters. The van der Waals surface area contributed by atoms with Crippen LogP contribution in [0.2, 0.25) is 0 Å². The van der Waals surface area contributed by atoms with E-state index < -0.39 is 0 Å². The minimum absolute atomic E-state index is 0. The van der Waals surface area contributed by atoms with Crippen LogP contribution in [0, 0.1) is 0 Å². The highest BCUT2D eigenvalue weighted by atomic mass is 19.0. The zero-order chi connectivity index (χ0) is 5.54. The lowest BCUT2D eigenvalue weighted by molar-refractivity contribution is 0.144. The molecular formula is C6H15FO. The molecule has 0 radical (unpaired) electrons. The topological polar surface area (TPSA) is 9.23 Å². The van der Waals surface area contributed by atoms with Crippen LogP contribution in [0.3, 0.4) is 0 Å². The Balaban J connectivity index is 0. The number of halogens is 1. The molecule has 0 atom stereocenters. The molecule has 0 aromatic heterocycles. The summed E-state index contributed by atoms with van der Waals surface area (Å²) in [7, 11) is 0. The molecule has 0 aromatic carbocycles. The molecule has 0 heterocycles. The molecule has 0 aliphatic carbocycles. The van der Waals surface area contributed by atoms with Crippen molar-refractivity contribution in [3.05, 3.63) is 0 Å². The van der Waals surface area contributed by atoms with Gasteiger partial charge < -0.3 is 4.74 Å².